The molecule has 0 aromatic rings. The van der Waals surface area contributed by atoms with E-state index < -0.39 is 24.3 Å². The quantitative estimate of drug-likeness (QED) is 0.0195. The number of carboxylic acids is 1. The van der Waals surface area contributed by atoms with Crippen LogP contribution in [0, 0.1) is 0 Å². The zero-order valence-electron chi connectivity index (χ0n) is 64.6. The van der Waals surface area contributed by atoms with Gasteiger partial charge in [0.2, 0.25) is 0 Å². The highest BCUT2D eigenvalue weighted by atomic mass is 16.7. The molecule has 0 aromatic carbocycles. The smallest absolute Gasteiger partial charge is 0.306 e. The Labute approximate surface area is 610 Å². The van der Waals surface area contributed by atoms with Gasteiger partial charge >= 0.3 is 11.9 Å². The summed E-state index contributed by atoms with van der Waals surface area (Å²) < 4.78 is 22.9. The van der Waals surface area contributed by atoms with Gasteiger partial charge in [-0.1, -0.05) is 358 Å². The maximum absolute atomic E-state index is 13.0. The van der Waals surface area contributed by atoms with Crippen molar-refractivity contribution in [3.63, 3.8) is 0 Å². The molecular formula is C90H151NO8. The van der Waals surface area contributed by atoms with Gasteiger partial charge in [0.1, 0.15) is 13.2 Å². The average Bonchev–Trinajstić information content (AvgIpc) is 1.16. The molecule has 9 nitrogen and oxygen atoms in total. The third-order valence-electron chi connectivity index (χ3n) is 17.3. The van der Waals surface area contributed by atoms with Crippen LogP contribution < -0.4 is 5.11 Å². The third kappa shape index (κ3) is 80.1. The van der Waals surface area contributed by atoms with Gasteiger partial charge in [0.05, 0.1) is 40.3 Å². The van der Waals surface area contributed by atoms with E-state index in [-0.39, 0.29) is 38.6 Å². The minimum absolute atomic E-state index is 0.143. The van der Waals surface area contributed by atoms with Crippen LogP contribution in [-0.2, 0) is 33.3 Å². The number of allylic oxidation sites excluding steroid dienone is 26. The lowest BCUT2D eigenvalue weighted by Gasteiger charge is -2.26. The molecular weight excluding hydrogens is 1220 g/mol. The standard InChI is InChI=1S/C90H151NO8/c1-6-8-10-12-14-16-18-20-22-24-26-28-30-32-34-36-38-40-42-43-44-45-47-48-50-52-54-56-58-60-62-64-66-68-70-72-74-76-78-80-87(92)97-84-86(85-98-90(89(94)95)96-83-82-91(3,4)5)99-88(93)81-79-77-75-73-71-69-67-65-63-61-59-57-55-53-51-49-46-41-39-37-35-33-31-29-27-25-23-21-19-17-15-13-11-9-7-2/h8-11,14-17,20-23,26-29,32-35,38-41,49,51,86,90H,6-7,12-13,18-19,24-25,30-31,36-37,42-48,50,52-85H2,1-5H3/b10-8-,11-9-,16-14-,17-15-,22-20-,23-21-,28-26-,29-27-,34-32-,35-33-,40-38-,41-39-,51-49-. The van der Waals surface area contributed by atoms with Crippen LogP contribution in [0.1, 0.15) is 335 Å². The summed E-state index contributed by atoms with van der Waals surface area (Å²) in [6, 6.07) is 0. The maximum Gasteiger partial charge on any atom is 0.306 e. The number of nitrogens with zero attached hydrogens (tertiary/aromatic N) is 1. The van der Waals surface area contributed by atoms with Gasteiger partial charge in [0.25, 0.3) is 0 Å². The first-order chi connectivity index (χ1) is 48.6. The number of hydrogen-bond acceptors (Lipinski definition) is 8. The lowest BCUT2D eigenvalue weighted by Crippen LogP contribution is -2.44. The van der Waals surface area contributed by atoms with Crippen molar-refractivity contribution in [2.75, 3.05) is 47.5 Å². The number of hydrogen-bond donors (Lipinski definition) is 0. The highest BCUT2D eigenvalue weighted by Crippen LogP contribution is 2.18. The van der Waals surface area contributed by atoms with E-state index in [9.17, 15) is 19.5 Å². The first kappa shape index (κ1) is 93.9. The molecule has 0 saturated heterocycles. The molecule has 0 spiro atoms. The number of aliphatic carboxylic acids is 1. The Morgan fingerprint density at radius 3 is 0.808 bits per heavy atom. The van der Waals surface area contributed by atoms with Gasteiger partial charge in [-0.05, 0) is 122 Å². The topological polar surface area (TPSA) is 111 Å². The van der Waals surface area contributed by atoms with Crippen molar-refractivity contribution in [3.8, 4) is 0 Å². The van der Waals surface area contributed by atoms with Gasteiger partial charge in [-0.3, -0.25) is 9.59 Å². The van der Waals surface area contributed by atoms with Gasteiger partial charge in [-0.2, -0.15) is 0 Å². The zero-order valence-corrected chi connectivity index (χ0v) is 64.6. The summed E-state index contributed by atoms with van der Waals surface area (Å²) in [5, 5.41) is 11.9. The molecule has 0 aliphatic carbocycles. The zero-order chi connectivity index (χ0) is 71.8. The fourth-order valence-electron chi connectivity index (χ4n) is 11.2. The number of unbranched alkanes of at least 4 members (excludes halogenated alkanes) is 33. The molecule has 0 amide bonds. The predicted octanol–water partition coefficient (Wildman–Crippen LogP) is 25.0. The summed E-state index contributed by atoms with van der Waals surface area (Å²) in [6.07, 6.45) is 114. The number of carboxylic acid groups (broad SMARTS) is 1. The first-order valence-electron chi connectivity index (χ1n) is 40.6. The van der Waals surface area contributed by atoms with Crippen molar-refractivity contribution >= 4 is 17.9 Å². The lowest BCUT2D eigenvalue weighted by molar-refractivity contribution is -0.870. The molecule has 0 fully saturated rings. The van der Waals surface area contributed by atoms with E-state index in [0.717, 1.165) is 122 Å². The third-order valence-corrected chi connectivity index (χ3v) is 17.3. The van der Waals surface area contributed by atoms with Crippen LogP contribution in [0.15, 0.2) is 158 Å². The van der Waals surface area contributed by atoms with Gasteiger partial charge < -0.3 is 33.3 Å². The lowest BCUT2D eigenvalue weighted by atomic mass is 10.0. The Bertz CT molecular complexity index is 2200. The Hall–Kier alpha value is -5.09. The van der Waals surface area contributed by atoms with Crippen molar-refractivity contribution < 1.29 is 42.9 Å². The van der Waals surface area contributed by atoms with Crippen LogP contribution in [0.4, 0.5) is 0 Å². The van der Waals surface area contributed by atoms with E-state index in [4.69, 9.17) is 18.9 Å². The molecule has 0 heterocycles. The molecule has 0 saturated carbocycles. The number of esters is 2. The second kappa shape index (κ2) is 78.6. The highest BCUT2D eigenvalue weighted by Gasteiger charge is 2.22. The number of quaternary nitrogens is 1. The molecule has 0 rings (SSSR count). The van der Waals surface area contributed by atoms with Crippen LogP contribution in [0.3, 0.4) is 0 Å². The number of rotatable bonds is 74. The average molecular weight is 1380 g/mol. The SMILES string of the molecule is CC/C=C\C/C=C\C/C=C\C/C=C\C/C=C\C/C=C\C/C=C\CCCCCCCCCCCCCCCC(=O)OC(COC(=O)CCCCCCCCCCCCCCCCCCCCCC/C=C\C/C=C\C/C=C\C/C=C\C/C=C\C/C=C\CC)COC(OCC[N+](C)(C)C)C(=O)[O-]. The van der Waals surface area contributed by atoms with E-state index in [1.165, 1.54) is 180 Å². The summed E-state index contributed by atoms with van der Waals surface area (Å²) in [5.74, 6) is -2.28. The molecule has 0 aliphatic heterocycles. The Balaban J connectivity index is 4.03. The molecule has 0 bridgehead atoms. The van der Waals surface area contributed by atoms with Crippen LogP contribution in [-0.4, -0.2) is 82.3 Å². The van der Waals surface area contributed by atoms with Crippen LogP contribution in [0.25, 0.3) is 0 Å². The van der Waals surface area contributed by atoms with Crippen molar-refractivity contribution in [2.24, 2.45) is 0 Å². The molecule has 0 N–H and O–H groups in total. The first-order valence-corrected chi connectivity index (χ1v) is 40.6. The number of carbonyl (C=O) groups excluding carboxylic acids is 3. The summed E-state index contributed by atoms with van der Waals surface area (Å²) in [7, 11) is 5.94. The Kier molecular flexibility index (Phi) is 74.6. The molecule has 564 valence electrons. The summed E-state index contributed by atoms with van der Waals surface area (Å²) in [6.45, 7) is 4.54. The molecule has 2 atom stereocenters. The van der Waals surface area contributed by atoms with Crippen LogP contribution in [0.2, 0.25) is 0 Å². The second-order valence-corrected chi connectivity index (χ2v) is 27.9. The van der Waals surface area contributed by atoms with E-state index in [0.29, 0.717) is 17.4 Å². The number of likely N-dealkylation sites (N-methyl/N-ethyl adjacent to an activating group) is 1. The second-order valence-electron chi connectivity index (χ2n) is 27.9. The molecule has 2 unspecified atom stereocenters. The summed E-state index contributed by atoms with van der Waals surface area (Å²) >= 11 is 0. The number of ether oxygens (including phenoxy) is 4. The van der Waals surface area contributed by atoms with Crippen molar-refractivity contribution in [1.82, 2.24) is 0 Å². The fraction of sp³-hybridized carbons (Fsp3) is 0.678. The van der Waals surface area contributed by atoms with E-state index in [2.05, 4.69) is 172 Å². The summed E-state index contributed by atoms with van der Waals surface area (Å²) in [4.78, 5) is 37.6. The normalized spacial score (nSPS) is 13.5. The molecule has 9 heteroatoms. The van der Waals surface area contributed by atoms with Crippen molar-refractivity contribution in [3.05, 3.63) is 158 Å². The molecule has 0 radical (unpaired) electrons. The Morgan fingerprint density at radius 2 is 0.545 bits per heavy atom. The van der Waals surface area contributed by atoms with Crippen LogP contribution in [0.5, 0.6) is 0 Å². The van der Waals surface area contributed by atoms with Gasteiger partial charge in [-0.25, -0.2) is 0 Å². The summed E-state index contributed by atoms with van der Waals surface area (Å²) in [5.41, 5.74) is 0. The van der Waals surface area contributed by atoms with Crippen LogP contribution >= 0.6 is 0 Å². The molecule has 0 aromatic heterocycles. The predicted molar refractivity (Wildman–Crippen MR) is 425 cm³/mol. The van der Waals surface area contributed by atoms with Crippen molar-refractivity contribution in [1.29, 1.82) is 0 Å². The van der Waals surface area contributed by atoms with E-state index in [1.807, 2.05) is 21.1 Å². The molecule has 99 heavy (non-hydrogen) atoms. The largest absolute Gasteiger partial charge is 0.545 e. The van der Waals surface area contributed by atoms with Gasteiger partial charge in [-0.15, -0.1) is 0 Å². The number of carbonyl (C=O) groups is 3. The minimum Gasteiger partial charge on any atom is -0.545 e. The van der Waals surface area contributed by atoms with Gasteiger partial charge in [0.15, 0.2) is 12.4 Å². The molecule has 0 aliphatic rings. The van der Waals surface area contributed by atoms with Gasteiger partial charge in [0, 0.05) is 12.8 Å². The highest BCUT2D eigenvalue weighted by molar-refractivity contribution is 5.70. The maximum atomic E-state index is 13.0. The minimum atomic E-state index is -1.63. The fourth-order valence-corrected chi connectivity index (χ4v) is 11.2. The Morgan fingerprint density at radius 1 is 0.303 bits per heavy atom. The van der Waals surface area contributed by atoms with E-state index in [1.54, 1.807) is 0 Å². The van der Waals surface area contributed by atoms with E-state index >= 15 is 0 Å². The van der Waals surface area contributed by atoms with Crippen molar-refractivity contribution in [2.45, 2.75) is 347 Å². The monoisotopic (exact) mass is 1370 g/mol.